The van der Waals surface area contributed by atoms with E-state index < -0.39 is 6.04 Å². The van der Waals surface area contributed by atoms with Crippen molar-refractivity contribution in [2.24, 2.45) is 0 Å². The fraction of sp³-hybridized carbons (Fsp3) is 0.154. The van der Waals surface area contributed by atoms with Crippen molar-refractivity contribution in [3.8, 4) is 11.3 Å². The van der Waals surface area contributed by atoms with Crippen LogP contribution < -0.4 is 0 Å². The fourth-order valence-corrected chi connectivity index (χ4v) is 6.19. The molecular formula is C39H33Cl2N3O2. The van der Waals surface area contributed by atoms with Crippen LogP contribution in [0.4, 0.5) is 0 Å². The lowest BCUT2D eigenvalue weighted by atomic mass is 9.97. The molecule has 0 radical (unpaired) electrons. The molecule has 0 saturated carbocycles. The summed E-state index contributed by atoms with van der Waals surface area (Å²) in [5.41, 5.74) is 6.74. The summed E-state index contributed by atoms with van der Waals surface area (Å²) < 4.78 is 0. The van der Waals surface area contributed by atoms with Crippen LogP contribution in [0, 0.1) is 0 Å². The molecule has 230 valence electrons. The predicted octanol–water partition coefficient (Wildman–Crippen LogP) is 8.29. The molecular weight excluding hydrogens is 613 g/mol. The summed E-state index contributed by atoms with van der Waals surface area (Å²) in [6.45, 7) is 1.34. The molecule has 0 N–H and O–H groups in total. The molecule has 0 unspecified atom stereocenters. The van der Waals surface area contributed by atoms with Crippen molar-refractivity contribution >= 4 is 41.1 Å². The molecule has 0 aliphatic carbocycles. The van der Waals surface area contributed by atoms with Crippen molar-refractivity contribution in [3.05, 3.63) is 165 Å². The normalized spacial score (nSPS) is 13.3. The minimum Gasteiger partial charge on any atom is -0.336 e. The van der Waals surface area contributed by atoms with Gasteiger partial charge >= 0.3 is 0 Å². The molecule has 7 heteroatoms. The number of aromatic nitrogens is 1. The van der Waals surface area contributed by atoms with Gasteiger partial charge < -0.3 is 9.80 Å². The summed E-state index contributed by atoms with van der Waals surface area (Å²) in [5, 5.41) is 0.775. The zero-order valence-corrected chi connectivity index (χ0v) is 26.7. The molecule has 0 bridgehead atoms. The largest absolute Gasteiger partial charge is 0.336 e. The Balaban J connectivity index is 1.36. The summed E-state index contributed by atoms with van der Waals surface area (Å²) in [5.74, 6) is -0.373. The van der Waals surface area contributed by atoms with Crippen molar-refractivity contribution in [2.75, 3.05) is 6.54 Å². The maximum Gasteiger partial charge on any atom is 0.247 e. The van der Waals surface area contributed by atoms with Crippen LogP contribution in [0.5, 0.6) is 0 Å². The van der Waals surface area contributed by atoms with Gasteiger partial charge in [0.2, 0.25) is 11.8 Å². The fourth-order valence-electron chi connectivity index (χ4n) is 5.82. The second-order valence-electron chi connectivity index (χ2n) is 11.3. The maximum absolute atomic E-state index is 14.5. The number of carbonyl (C=O) groups is 2. The summed E-state index contributed by atoms with van der Waals surface area (Å²) >= 11 is 12.7. The average molecular weight is 647 g/mol. The van der Waals surface area contributed by atoms with Crippen LogP contribution in [0.2, 0.25) is 10.0 Å². The standard InChI is InChI=1S/C39H33Cl2N3O2/c40-34-14-8-13-32(38(34)41)20-21-37(45)44(26-29-16-18-31(19-17-29)35-15-6-7-23-42-35)36(25-28-9-2-1-3-10-28)39(46)43-24-22-30-11-4-5-12-33(30)27-43/h1-21,23,36H,22,24-27H2/b21-20+/t36-/m0/s1. The van der Waals surface area contributed by atoms with Crippen molar-refractivity contribution in [3.63, 3.8) is 0 Å². The lowest BCUT2D eigenvalue weighted by molar-refractivity contribution is -0.144. The minimum absolute atomic E-state index is 0.0778. The van der Waals surface area contributed by atoms with Gasteiger partial charge in [0.1, 0.15) is 6.04 Å². The number of hydrogen-bond donors (Lipinski definition) is 0. The van der Waals surface area contributed by atoms with Gasteiger partial charge in [-0.15, -0.1) is 0 Å². The number of amides is 2. The first-order valence-corrected chi connectivity index (χ1v) is 16.0. The predicted molar refractivity (Wildman–Crippen MR) is 185 cm³/mol. The second kappa shape index (κ2) is 14.6. The van der Waals surface area contributed by atoms with Gasteiger partial charge in [-0.25, -0.2) is 0 Å². The van der Waals surface area contributed by atoms with Crippen LogP contribution >= 0.6 is 23.2 Å². The molecule has 1 atom stereocenters. The van der Waals surface area contributed by atoms with E-state index in [1.54, 1.807) is 35.4 Å². The average Bonchev–Trinajstić information content (AvgIpc) is 3.11. The Morgan fingerprint density at radius 2 is 1.54 bits per heavy atom. The Morgan fingerprint density at radius 3 is 2.30 bits per heavy atom. The third kappa shape index (κ3) is 7.39. The number of hydrogen-bond acceptors (Lipinski definition) is 3. The van der Waals surface area contributed by atoms with Crippen LogP contribution in [-0.4, -0.2) is 39.2 Å². The lowest BCUT2D eigenvalue weighted by Gasteiger charge is -2.37. The monoisotopic (exact) mass is 645 g/mol. The summed E-state index contributed by atoms with van der Waals surface area (Å²) in [4.78, 5) is 36.8. The smallest absolute Gasteiger partial charge is 0.247 e. The van der Waals surface area contributed by atoms with Crippen LogP contribution in [-0.2, 0) is 35.5 Å². The van der Waals surface area contributed by atoms with Crippen LogP contribution in [0.25, 0.3) is 17.3 Å². The number of benzene rings is 4. The van der Waals surface area contributed by atoms with Gasteiger partial charge in [0, 0.05) is 43.9 Å². The van der Waals surface area contributed by atoms with E-state index in [1.807, 2.05) is 89.8 Å². The summed E-state index contributed by atoms with van der Waals surface area (Å²) in [6.07, 6.45) is 6.06. The first-order chi connectivity index (χ1) is 22.5. The number of pyridine rings is 1. The first kappa shape index (κ1) is 31.3. The van der Waals surface area contributed by atoms with Crippen molar-refractivity contribution in [1.82, 2.24) is 14.8 Å². The topological polar surface area (TPSA) is 53.5 Å². The molecule has 46 heavy (non-hydrogen) atoms. The van der Waals surface area contributed by atoms with Gasteiger partial charge in [-0.1, -0.05) is 120 Å². The maximum atomic E-state index is 14.5. The van der Waals surface area contributed by atoms with E-state index in [2.05, 4.69) is 17.1 Å². The van der Waals surface area contributed by atoms with Crippen molar-refractivity contribution in [1.29, 1.82) is 0 Å². The third-order valence-electron chi connectivity index (χ3n) is 8.31. The highest BCUT2D eigenvalue weighted by atomic mass is 35.5. The second-order valence-corrected chi connectivity index (χ2v) is 12.1. The number of nitrogens with zero attached hydrogens (tertiary/aromatic N) is 3. The SMILES string of the molecule is O=C([C@H](Cc1ccccc1)N(Cc1ccc(-c2ccccn2)cc1)C(=O)/C=C/c1cccc(Cl)c1Cl)N1CCc2ccccc2C1. The Bertz CT molecular complexity index is 1840. The number of carbonyl (C=O) groups excluding carboxylic acids is 2. The van der Waals surface area contributed by atoms with Gasteiger partial charge in [0.05, 0.1) is 15.7 Å². The molecule has 1 aliphatic heterocycles. The van der Waals surface area contributed by atoms with Crippen molar-refractivity contribution < 1.29 is 9.59 Å². The Kier molecular flexibility index (Phi) is 9.92. The van der Waals surface area contributed by atoms with E-state index in [1.165, 1.54) is 11.6 Å². The summed E-state index contributed by atoms with van der Waals surface area (Å²) in [7, 11) is 0. The minimum atomic E-state index is -0.741. The summed E-state index contributed by atoms with van der Waals surface area (Å²) in [6, 6.07) is 36.4. The Labute approximate surface area is 279 Å². The molecule has 4 aromatic carbocycles. The molecule has 0 saturated heterocycles. The molecule has 2 heterocycles. The van der Waals surface area contributed by atoms with Gasteiger partial charge in [-0.05, 0) is 58.5 Å². The molecule has 0 fully saturated rings. The quantitative estimate of drug-likeness (QED) is 0.152. The van der Waals surface area contributed by atoms with E-state index >= 15 is 0 Å². The van der Waals surface area contributed by atoms with E-state index in [9.17, 15) is 9.59 Å². The highest BCUT2D eigenvalue weighted by Crippen LogP contribution is 2.27. The van der Waals surface area contributed by atoms with Crippen LogP contribution in [0.15, 0.2) is 128 Å². The van der Waals surface area contributed by atoms with Crippen LogP contribution in [0.1, 0.15) is 27.8 Å². The zero-order valence-electron chi connectivity index (χ0n) is 25.2. The van der Waals surface area contributed by atoms with Gasteiger partial charge in [-0.2, -0.15) is 0 Å². The molecule has 5 aromatic rings. The first-order valence-electron chi connectivity index (χ1n) is 15.3. The molecule has 6 rings (SSSR count). The van der Waals surface area contributed by atoms with E-state index in [0.29, 0.717) is 35.1 Å². The molecule has 0 spiro atoms. The lowest BCUT2D eigenvalue weighted by Crippen LogP contribution is -2.52. The number of fused-ring (bicyclic) bond motifs is 1. The molecule has 5 nitrogen and oxygen atoms in total. The number of halogens is 2. The highest BCUT2D eigenvalue weighted by molar-refractivity contribution is 6.42. The zero-order chi connectivity index (χ0) is 31.9. The van der Waals surface area contributed by atoms with E-state index in [0.717, 1.165) is 34.4 Å². The number of rotatable bonds is 9. The Morgan fingerprint density at radius 1 is 0.804 bits per heavy atom. The van der Waals surface area contributed by atoms with E-state index in [4.69, 9.17) is 23.2 Å². The van der Waals surface area contributed by atoms with Gasteiger partial charge in [0.25, 0.3) is 0 Å². The molecule has 1 aliphatic rings. The highest BCUT2D eigenvalue weighted by Gasteiger charge is 2.34. The Hall–Kier alpha value is -4.71. The molecule has 2 amide bonds. The van der Waals surface area contributed by atoms with Crippen LogP contribution in [0.3, 0.4) is 0 Å². The van der Waals surface area contributed by atoms with Gasteiger partial charge in [0.15, 0.2) is 0 Å². The van der Waals surface area contributed by atoms with Crippen molar-refractivity contribution in [2.45, 2.75) is 32.0 Å². The van der Waals surface area contributed by atoms with Gasteiger partial charge in [-0.3, -0.25) is 14.6 Å². The van der Waals surface area contributed by atoms with E-state index in [-0.39, 0.29) is 18.4 Å². The molecule has 1 aromatic heterocycles. The third-order valence-corrected chi connectivity index (χ3v) is 9.15.